The van der Waals surface area contributed by atoms with Crippen LogP contribution in [0.1, 0.15) is 32.8 Å². The lowest BCUT2D eigenvalue weighted by Crippen LogP contribution is -2.36. The predicted octanol–water partition coefficient (Wildman–Crippen LogP) is 4.65. The van der Waals surface area contributed by atoms with Crippen molar-refractivity contribution < 1.29 is 9.59 Å². The van der Waals surface area contributed by atoms with Gasteiger partial charge in [-0.05, 0) is 45.7 Å². The summed E-state index contributed by atoms with van der Waals surface area (Å²) >= 11 is 1.62. The largest absolute Gasteiger partial charge is 0.347 e. The molecule has 1 heterocycles. The zero-order valence-corrected chi connectivity index (χ0v) is 18.9. The molecule has 0 spiro atoms. The van der Waals surface area contributed by atoms with Crippen LogP contribution in [0.25, 0.3) is 10.6 Å². The van der Waals surface area contributed by atoms with Gasteiger partial charge in [-0.3, -0.25) is 9.59 Å². The van der Waals surface area contributed by atoms with Gasteiger partial charge in [-0.25, -0.2) is 4.98 Å². The molecule has 3 rings (SSSR count). The first kappa shape index (κ1) is 21.7. The third-order valence-corrected chi connectivity index (χ3v) is 6.22. The van der Waals surface area contributed by atoms with Crippen molar-refractivity contribution in [1.29, 1.82) is 0 Å². The summed E-state index contributed by atoms with van der Waals surface area (Å²) in [4.78, 5) is 30.3. The van der Waals surface area contributed by atoms with Gasteiger partial charge in [0, 0.05) is 29.1 Å². The number of benzene rings is 2. The Hall–Kier alpha value is -2.99. The van der Waals surface area contributed by atoms with Gasteiger partial charge in [0.25, 0.3) is 0 Å². The molecule has 3 aromatic rings. The van der Waals surface area contributed by atoms with Gasteiger partial charge in [0.1, 0.15) is 5.01 Å². The van der Waals surface area contributed by atoms with E-state index in [4.69, 9.17) is 0 Å². The van der Waals surface area contributed by atoms with Crippen LogP contribution < -0.4 is 10.6 Å². The van der Waals surface area contributed by atoms with Crippen molar-refractivity contribution >= 4 is 28.8 Å². The molecule has 0 fully saturated rings. The molecule has 0 saturated carbocycles. The van der Waals surface area contributed by atoms with E-state index in [2.05, 4.69) is 46.8 Å². The standard InChI is InChI=1S/C24H27N3O2S/c1-14-6-8-19(9-7-14)24-26-18(5)20(30-24)10-11-25-22(28)23(29)27-21-16(3)12-15(2)13-17(21)4/h6-9,12-13H,10-11H2,1-5H3,(H,25,28)(H,27,29). The zero-order valence-electron chi connectivity index (χ0n) is 18.1. The van der Waals surface area contributed by atoms with Crippen molar-refractivity contribution in [1.82, 2.24) is 10.3 Å². The number of hydrogen-bond acceptors (Lipinski definition) is 4. The number of nitrogens with zero attached hydrogens (tertiary/aromatic N) is 1. The Labute approximate surface area is 181 Å². The van der Waals surface area contributed by atoms with Gasteiger partial charge in [-0.2, -0.15) is 0 Å². The third kappa shape index (κ3) is 5.13. The van der Waals surface area contributed by atoms with Crippen LogP contribution in [-0.2, 0) is 16.0 Å². The number of amides is 2. The molecule has 5 nitrogen and oxygen atoms in total. The second kappa shape index (κ2) is 9.22. The molecule has 0 radical (unpaired) electrons. The highest BCUT2D eigenvalue weighted by molar-refractivity contribution is 7.15. The summed E-state index contributed by atoms with van der Waals surface area (Å²) < 4.78 is 0. The first-order valence-corrected chi connectivity index (χ1v) is 10.8. The Balaban J connectivity index is 1.57. The first-order chi connectivity index (χ1) is 14.2. The van der Waals surface area contributed by atoms with E-state index < -0.39 is 11.8 Å². The molecule has 2 aromatic carbocycles. The molecule has 0 saturated heterocycles. The van der Waals surface area contributed by atoms with Crippen LogP contribution in [-0.4, -0.2) is 23.3 Å². The normalized spacial score (nSPS) is 10.7. The van der Waals surface area contributed by atoms with Crippen LogP contribution >= 0.6 is 11.3 Å². The summed E-state index contributed by atoms with van der Waals surface area (Å²) in [5.41, 5.74) is 6.96. The maximum absolute atomic E-state index is 12.3. The van der Waals surface area contributed by atoms with Crippen LogP contribution in [0, 0.1) is 34.6 Å². The number of carbonyl (C=O) groups excluding carboxylic acids is 2. The second-order valence-corrected chi connectivity index (χ2v) is 8.71. The Morgan fingerprint density at radius 3 is 2.17 bits per heavy atom. The lowest BCUT2D eigenvalue weighted by molar-refractivity contribution is -0.136. The molecule has 0 aliphatic rings. The van der Waals surface area contributed by atoms with E-state index in [9.17, 15) is 9.59 Å². The van der Waals surface area contributed by atoms with Gasteiger partial charge in [0.05, 0.1) is 5.69 Å². The SMILES string of the molecule is Cc1ccc(-c2nc(C)c(CCNC(=O)C(=O)Nc3c(C)cc(C)cc3C)s2)cc1. The van der Waals surface area contributed by atoms with Gasteiger partial charge in [-0.1, -0.05) is 47.5 Å². The summed E-state index contributed by atoms with van der Waals surface area (Å²) in [5.74, 6) is -1.28. The fourth-order valence-corrected chi connectivity index (χ4v) is 4.46. The van der Waals surface area contributed by atoms with Gasteiger partial charge in [0.15, 0.2) is 0 Å². The number of aromatic nitrogens is 1. The van der Waals surface area contributed by atoms with E-state index in [-0.39, 0.29) is 0 Å². The van der Waals surface area contributed by atoms with E-state index >= 15 is 0 Å². The Morgan fingerprint density at radius 2 is 1.53 bits per heavy atom. The van der Waals surface area contributed by atoms with E-state index in [1.807, 2.05) is 39.8 Å². The highest BCUT2D eigenvalue weighted by Gasteiger charge is 2.16. The van der Waals surface area contributed by atoms with Crippen LogP contribution in [0.4, 0.5) is 5.69 Å². The van der Waals surface area contributed by atoms with Gasteiger partial charge in [-0.15, -0.1) is 11.3 Å². The fraction of sp³-hybridized carbons (Fsp3) is 0.292. The fourth-order valence-electron chi connectivity index (χ4n) is 3.40. The average Bonchev–Trinajstić information content (AvgIpc) is 3.05. The predicted molar refractivity (Wildman–Crippen MR) is 123 cm³/mol. The molecule has 2 N–H and O–H groups in total. The number of anilines is 1. The van der Waals surface area contributed by atoms with Crippen LogP contribution in [0.15, 0.2) is 36.4 Å². The first-order valence-electron chi connectivity index (χ1n) is 9.95. The van der Waals surface area contributed by atoms with Crippen LogP contribution in [0.5, 0.6) is 0 Å². The molecule has 30 heavy (non-hydrogen) atoms. The van der Waals surface area contributed by atoms with E-state index in [0.29, 0.717) is 18.7 Å². The summed E-state index contributed by atoms with van der Waals surface area (Å²) in [6.07, 6.45) is 0.636. The van der Waals surface area contributed by atoms with E-state index in [0.717, 1.165) is 37.8 Å². The van der Waals surface area contributed by atoms with Crippen molar-refractivity contribution in [2.45, 2.75) is 41.0 Å². The Morgan fingerprint density at radius 1 is 0.900 bits per heavy atom. The summed E-state index contributed by atoms with van der Waals surface area (Å²) in [5, 5.41) is 6.42. The van der Waals surface area contributed by atoms with E-state index in [1.54, 1.807) is 11.3 Å². The lowest BCUT2D eigenvalue weighted by Gasteiger charge is -2.12. The molecule has 0 atom stereocenters. The molecule has 6 heteroatoms. The minimum atomic E-state index is -0.647. The van der Waals surface area contributed by atoms with Crippen molar-refractivity contribution in [3.8, 4) is 10.6 Å². The molecule has 0 aliphatic heterocycles. The van der Waals surface area contributed by atoms with Crippen molar-refractivity contribution in [3.05, 3.63) is 69.2 Å². The number of thiazole rings is 1. The van der Waals surface area contributed by atoms with Crippen molar-refractivity contribution in [3.63, 3.8) is 0 Å². The minimum Gasteiger partial charge on any atom is -0.347 e. The second-order valence-electron chi connectivity index (χ2n) is 7.63. The summed E-state index contributed by atoms with van der Waals surface area (Å²) in [7, 11) is 0. The number of aryl methyl sites for hydroxylation is 5. The molecule has 156 valence electrons. The maximum atomic E-state index is 12.3. The smallest absolute Gasteiger partial charge is 0.313 e. The van der Waals surface area contributed by atoms with Crippen molar-refractivity contribution in [2.75, 3.05) is 11.9 Å². The molecule has 0 aliphatic carbocycles. The monoisotopic (exact) mass is 421 g/mol. The highest BCUT2D eigenvalue weighted by atomic mass is 32.1. The third-order valence-electron chi connectivity index (χ3n) is 4.95. The molecular weight excluding hydrogens is 394 g/mol. The number of carbonyl (C=O) groups is 2. The Bertz CT molecular complexity index is 1060. The molecule has 0 bridgehead atoms. The lowest BCUT2D eigenvalue weighted by atomic mass is 10.1. The molecule has 1 aromatic heterocycles. The van der Waals surface area contributed by atoms with Gasteiger partial charge >= 0.3 is 11.8 Å². The molecule has 2 amide bonds. The number of hydrogen-bond donors (Lipinski definition) is 2. The molecular formula is C24H27N3O2S. The van der Waals surface area contributed by atoms with Crippen LogP contribution in [0.2, 0.25) is 0 Å². The van der Waals surface area contributed by atoms with Gasteiger partial charge < -0.3 is 10.6 Å². The Kier molecular flexibility index (Phi) is 6.67. The summed E-state index contributed by atoms with van der Waals surface area (Å²) in [6.45, 7) is 10.3. The van der Waals surface area contributed by atoms with E-state index in [1.165, 1.54) is 5.56 Å². The quantitative estimate of drug-likeness (QED) is 0.589. The zero-order chi connectivity index (χ0) is 21.8. The average molecular weight is 422 g/mol. The topological polar surface area (TPSA) is 71.1 Å². The minimum absolute atomic E-state index is 0.383. The van der Waals surface area contributed by atoms with Crippen molar-refractivity contribution in [2.24, 2.45) is 0 Å². The summed E-state index contributed by atoms with van der Waals surface area (Å²) in [6, 6.07) is 12.2. The number of nitrogens with one attached hydrogen (secondary N) is 2. The maximum Gasteiger partial charge on any atom is 0.313 e. The van der Waals surface area contributed by atoms with Gasteiger partial charge in [0.2, 0.25) is 0 Å². The molecule has 0 unspecified atom stereocenters. The van der Waals surface area contributed by atoms with Crippen LogP contribution in [0.3, 0.4) is 0 Å². The number of rotatable bonds is 5. The highest BCUT2D eigenvalue weighted by Crippen LogP contribution is 2.28.